The highest BCUT2D eigenvalue weighted by molar-refractivity contribution is 5.80. The van der Waals surface area contributed by atoms with Crippen LogP contribution in [0.25, 0.3) is 0 Å². The number of methoxy groups -OCH3 is 1. The molecule has 0 aromatic heterocycles. The third kappa shape index (κ3) is 4.74. The Morgan fingerprint density at radius 3 is 2.39 bits per heavy atom. The minimum atomic E-state index is 0.637. The van der Waals surface area contributed by atoms with Gasteiger partial charge in [0.2, 0.25) is 0 Å². The standard InChI is InChI=1S/C19H25N3O/c1-4-22(5-2)18-12-10-16(11-13-18)14-20-21-15-17-8-6-7-9-19(17)23-3/h6-14,21H,4-5,15H2,1-3H3/b20-14+. The van der Waals surface area contributed by atoms with Gasteiger partial charge < -0.3 is 15.1 Å². The van der Waals surface area contributed by atoms with Crippen molar-refractivity contribution in [3.63, 3.8) is 0 Å². The summed E-state index contributed by atoms with van der Waals surface area (Å²) in [7, 11) is 1.68. The Morgan fingerprint density at radius 2 is 1.74 bits per heavy atom. The Kier molecular flexibility index (Phi) is 6.48. The molecule has 4 nitrogen and oxygen atoms in total. The first-order valence-corrected chi connectivity index (χ1v) is 8.01. The van der Waals surface area contributed by atoms with Crippen molar-refractivity contribution in [1.82, 2.24) is 5.43 Å². The zero-order valence-corrected chi connectivity index (χ0v) is 14.1. The van der Waals surface area contributed by atoms with Gasteiger partial charge in [-0.1, -0.05) is 30.3 Å². The summed E-state index contributed by atoms with van der Waals surface area (Å²) in [5.41, 5.74) is 6.47. The number of rotatable bonds is 8. The van der Waals surface area contributed by atoms with Crippen LogP contribution in [-0.2, 0) is 6.54 Å². The summed E-state index contributed by atoms with van der Waals surface area (Å²) < 4.78 is 5.32. The molecule has 0 saturated carbocycles. The molecule has 0 heterocycles. The lowest BCUT2D eigenvalue weighted by molar-refractivity contribution is 0.408. The highest BCUT2D eigenvalue weighted by Gasteiger charge is 2.01. The maximum atomic E-state index is 5.32. The van der Waals surface area contributed by atoms with Crippen molar-refractivity contribution >= 4 is 11.9 Å². The summed E-state index contributed by atoms with van der Waals surface area (Å²) in [6, 6.07) is 16.4. The van der Waals surface area contributed by atoms with E-state index in [2.05, 4.69) is 53.5 Å². The first kappa shape index (κ1) is 16.9. The van der Waals surface area contributed by atoms with Crippen molar-refractivity contribution in [3.05, 3.63) is 59.7 Å². The molecule has 0 amide bonds. The van der Waals surface area contributed by atoms with Crippen LogP contribution in [0.4, 0.5) is 5.69 Å². The van der Waals surface area contributed by atoms with Crippen LogP contribution in [0.3, 0.4) is 0 Å². The molecule has 122 valence electrons. The van der Waals surface area contributed by atoms with E-state index in [0.29, 0.717) is 6.54 Å². The zero-order chi connectivity index (χ0) is 16.5. The number of ether oxygens (including phenoxy) is 1. The van der Waals surface area contributed by atoms with E-state index < -0.39 is 0 Å². The number of anilines is 1. The van der Waals surface area contributed by atoms with Gasteiger partial charge in [0, 0.05) is 24.3 Å². The summed E-state index contributed by atoms with van der Waals surface area (Å²) in [5.74, 6) is 0.874. The highest BCUT2D eigenvalue weighted by atomic mass is 16.5. The van der Waals surface area contributed by atoms with Crippen molar-refractivity contribution in [2.75, 3.05) is 25.1 Å². The highest BCUT2D eigenvalue weighted by Crippen LogP contribution is 2.16. The average Bonchev–Trinajstić information content (AvgIpc) is 2.61. The number of para-hydroxylation sites is 1. The van der Waals surface area contributed by atoms with Crippen LogP contribution >= 0.6 is 0 Å². The topological polar surface area (TPSA) is 36.9 Å². The fourth-order valence-corrected chi connectivity index (χ4v) is 2.46. The first-order chi connectivity index (χ1) is 11.3. The molecular formula is C19H25N3O. The van der Waals surface area contributed by atoms with Gasteiger partial charge in [-0.2, -0.15) is 5.10 Å². The van der Waals surface area contributed by atoms with Crippen LogP contribution in [0.2, 0.25) is 0 Å². The number of nitrogens with one attached hydrogen (secondary N) is 1. The van der Waals surface area contributed by atoms with E-state index in [-0.39, 0.29) is 0 Å². The van der Waals surface area contributed by atoms with Gasteiger partial charge in [0.1, 0.15) is 5.75 Å². The molecule has 2 aromatic carbocycles. The van der Waals surface area contributed by atoms with Crippen LogP contribution < -0.4 is 15.1 Å². The Balaban J connectivity index is 1.91. The monoisotopic (exact) mass is 311 g/mol. The molecule has 4 heteroatoms. The molecule has 2 rings (SSSR count). The van der Waals surface area contributed by atoms with Crippen molar-refractivity contribution in [2.24, 2.45) is 5.10 Å². The second-order valence-electron chi connectivity index (χ2n) is 5.17. The first-order valence-electron chi connectivity index (χ1n) is 8.01. The van der Waals surface area contributed by atoms with Crippen LogP contribution in [-0.4, -0.2) is 26.4 Å². The molecule has 0 radical (unpaired) electrons. The predicted octanol–water partition coefficient (Wildman–Crippen LogP) is 3.67. The summed E-state index contributed by atoms with van der Waals surface area (Å²) in [4.78, 5) is 2.32. The molecule has 0 bridgehead atoms. The fraction of sp³-hybridized carbons (Fsp3) is 0.316. The number of benzene rings is 2. The van der Waals surface area contributed by atoms with Crippen molar-refractivity contribution in [1.29, 1.82) is 0 Å². The molecule has 0 atom stereocenters. The molecular weight excluding hydrogens is 286 g/mol. The van der Waals surface area contributed by atoms with Gasteiger partial charge in [-0.15, -0.1) is 0 Å². The van der Waals surface area contributed by atoms with Gasteiger partial charge >= 0.3 is 0 Å². The van der Waals surface area contributed by atoms with E-state index in [4.69, 9.17) is 4.74 Å². The maximum Gasteiger partial charge on any atom is 0.123 e. The number of nitrogens with zero attached hydrogens (tertiary/aromatic N) is 2. The largest absolute Gasteiger partial charge is 0.496 e. The van der Waals surface area contributed by atoms with Gasteiger partial charge in [0.05, 0.1) is 19.9 Å². The molecule has 23 heavy (non-hydrogen) atoms. The van der Waals surface area contributed by atoms with Crippen molar-refractivity contribution in [2.45, 2.75) is 20.4 Å². The van der Waals surface area contributed by atoms with Crippen LogP contribution in [0.15, 0.2) is 53.6 Å². The molecule has 2 aromatic rings. The third-order valence-electron chi connectivity index (χ3n) is 3.79. The summed E-state index contributed by atoms with van der Waals surface area (Å²) in [5, 5.41) is 4.28. The summed E-state index contributed by atoms with van der Waals surface area (Å²) >= 11 is 0. The molecule has 0 aliphatic rings. The zero-order valence-electron chi connectivity index (χ0n) is 14.1. The third-order valence-corrected chi connectivity index (χ3v) is 3.79. The molecule has 0 unspecified atom stereocenters. The summed E-state index contributed by atoms with van der Waals surface area (Å²) in [6.45, 7) is 7.01. The SMILES string of the molecule is CCN(CC)c1ccc(/C=N/NCc2ccccc2OC)cc1. The molecule has 0 fully saturated rings. The van der Waals surface area contributed by atoms with E-state index in [0.717, 1.165) is 30.0 Å². The average molecular weight is 311 g/mol. The Bertz CT molecular complexity index is 619. The lowest BCUT2D eigenvalue weighted by Crippen LogP contribution is -2.21. The lowest BCUT2D eigenvalue weighted by Gasteiger charge is -2.20. The van der Waals surface area contributed by atoms with Gasteiger partial charge in [0.15, 0.2) is 0 Å². The van der Waals surface area contributed by atoms with Crippen LogP contribution in [0.5, 0.6) is 5.75 Å². The minimum Gasteiger partial charge on any atom is -0.496 e. The fourth-order valence-electron chi connectivity index (χ4n) is 2.46. The van der Waals surface area contributed by atoms with Crippen molar-refractivity contribution < 1.29 is 4.74 Å². The number of hydrazone groups is 1. The maximum absolute atomic E-state index is 5.32. The van der Waals surface area contributed by atoms with Gasteiger partial charge in [-0.25, -0.2) is 0 Å². The van der Waals surface area contributed by atoms with Gasteiger partial charge in [-0.05, 0) is 37.6 Å². The Morgan fingerprint density at radius 1 is 1.04 bits per heavy atom. The molecule has 0 aliphatic carbocycles. The van der Waals surface area contributed by atoms with Crippen LogP contribution in [0, 0.1) is 0 Å². The van der Waals surface area contributed by atoms with Crippen molar-refractivity contribution in [3.8, 4) is 5.75 Å². The van der Waals surface area contributed by atoms with E-state index in [1.807, 2.05) is 30.5 Å². The second-order valence-corrected chi connectivity index (χ2v) is 5.17. The van der Waals surface area contributed by atoms with E-state index in [1.165, 1.54) is 5.69 Å². The second kappa shape index (κ2) is 8.83. The molecule has 1 N–H and O–H groups in total. The predicted molar refractivity (Wildman–Crippen MR) is 97.4 cm³/mol. The van der Waals surface area contributed by atoms with Crippen LogP contribution in [0.1, 0.15) is 25.0 Å². The lowest BCUT2D eigenvalue weighted by atomic mass is 10.2. The molecule has 0 saturated heterocycles. The van der Waals surface area contributed by atoms with Gasteiger partial charge in [0.25, 0.3) is 0 Å². The minimum absolute atomic E-state index is 0.637. The number of hydrogen-bond acceptors (Lipinski definition) is 4. The Hall–Kier alpha value is -2.49. The van der Waals surface area contributed by atoms with E-state index in [9.17, 15) is 0 Å². The number of hydrogen-bond donors (Lipinski definition) is 1. The normalized spacial score (nSPS) is 10.7. The summed E-state index contributed by atoms with van der Waals surface area (Å²) in [6.07, 6.45) is 1.83. The van der Waals surface area contributed by atoms with Gasteiger partial charge in [-0.3, -0.25) is 0 Å². The Labute approximate surface area is 138 Å². The molecule has 0 aliphatic heterocycles. The smallest absolute Gasteiger partial charge is 0.123 e. The van der Waals surface area contributed by atoms with E-state index in [1.54, 1.807) is 7.11 Å². The van der Waals surface area contributed by atoms with E-state index >= 15 is 0 Å². The quantitative estimate of drug-likeness (QED) is 0.597. The molecule has 0 spiro atoms.